The Morgan fingerprint density at radius 1 is 1.00 bits per heavy atom. The minimum atomic E-state index is -0.616. The van der Waals surface area contributed by atoms with Crippen LogP contribution < -0.4 is 10.2 Å². The zero-order valence-electron chi connectivity index (χ0n) is 17.5. The fourth-order valence-corrected chi connectivity index (χ4v) is 3.80. The van der Waals surface area contributed by atoms with Crippen LogP contribution in [0.3, 0.4) is 0 Å². The smallest absolute Gasteiger partial charge is 0.258 e. The van der Waals surface area contributed by atoms with Crippen molar-refractivity contribution in [3.05, 3.63) is 88.3 Å². The van der Waals surface area contributed by atoms with Crippen LogP contribution in [0.25, 0.3) is 0 Å². The van der Waals surface area contributed by atoms with Gasteiger partial charge < -0.3 is 15.1 Å². The molecular weight excluding hydrogens is 431 g/mol. The molecule has 1 aliphatic rings. The molecule has 0 unspecified atom stereocenters. The molecule has 1 N–H and O–H groups in total. The Kier molecular flexibility index (Phi) is 6.37. The first-order valence-corrected chi connectivity index (χ1v) is 10.6. The maximum Gasteiger partial charge on any atom is 0.258 e. The lowest BCUT2D eigenvalue weighted by Crippen LogP contribution is -2.49. The molecule has 0 radical (unpaired) electrons. The van der Waals surface area contributed by atoms with Gasteiger partial charge in [-0.2, -0.15) is 0 Å². The van der Waals surface area contributed by atoms with Crippen molar-refractivity contribution in [3.63, 3.8) is 0 Å². The lowest BCUT2D eigenvalue weighted by molar-refractivity contribution is 0.0742. The lowest BCUT2D eigenvalue weighted by atomic mass is 10.1. The van der Waals surface area contributed by atoms with Crippen LogP contribution >= 0.6 is 11.6 Å². The first-order chi connectivity index (χ1) is 15.4. The third-order valence-electron chi connectivity index (χ3n) is 5.39. The summed E-state index contributed by atoms with van der Waals surface area (Å²) in [4.78, 5) is 33.1. The van der Waals surface area contributed by atoms with E-state index in [2.05, 4.69) is 10.3 Å². The normalized spacial score (nSPS) is 13.7. The SMILES string of the molecule is Cc1ccc(C(=O)Nc2ccc(N3CCN(C(=O)c4c(F)cccc4Cl)CC3)nc2)cc1. The summed E-state index contributed by atoms with van der Waals surface area (Å²) in [7, 11) is 0. The second kappa shape index (κ2) is 9.36. The minimum Gasteiger partial charge on any atom is -0.353 e. The second-order valence-corrected chi connectivity index (χ2v) is 8.01. The Labute approximate surface area is 190 Å². The third-order valence-corrected chi connectivity index (χ3v) is 5.70. The number of nitrogens with one attached hydrogen (secondary N) is 1. The first kappa shape index (κ1) is 21.8. The van der Waals surface area contributed by atoms with Crippen molar-refractivity contribution in [2.75, 3.05) is 36.4 Å². The molecule has 2 amide bonds. The number of carbonyl (C=O) groups excluding carboxylic acids is 2. The van der Waals surface area contributed by atoms with Gasteiger partial charge in [-0.25, -0.2) is 9.37 Å². The Morgan fingerprint density at radius 3 is 2.34 bits per heavy atom. The summed E-state index contributed by atoms with van der Waals surface area (Å²) in [5, 5.41) is 2.95. The highest BCUT2D eigenvalue weighted by atomic mass is 35.5. The van der Waals surface area contributed by atoms with Crippen LogP contribution in [0.15, 0.2) is 60.8 Å². The largest absolute Gasteiger partial charge is 0.353 e. The molecule has 8 heteroatoms. The number of rotatable bonds is 4. The summed E-state index contributed by atoms with van der Waals surface area (Å²) in [6.07, 6.45) is 1.61. The van der Waals surface area contributed by atoms with Gasteiger partial charge in [-0.15, -0.1) is 0 Å². The van der Waals surface area contributed by atoms with Gasteiger partial charge in [-0.3, -0.25) is 9.59 Å². The molecule has 0 atom stereocenters. The first-order valence-electron chi connectivity index (χ1n) is 10.2. The number of aryl methyl sites for hydroxylation is 1. The molecule has 2 aromatic carbocycles. The zero-order chi connectivity index (χ0) is 22.7. The predicted octanol–water partition coefficient (Wildman–Crippen LogP) is 4.40. The van der Waals surface area contributed by atoms with Gasteiger partial charge in [0.05, 0.1) is 22.5 Å². The summed E-state index contributed by atoms with van der Waals surface area (Å²) >= 11 is 6.03. The highest BCUT2D eigenvalue weighted by molar-refractivity contribution is 6.33. The summed E-state index contributed by atoms with van der Waals surface area (Å²) in [5.41, 5.74) is 2.18. The molecule has 0 spiro atoms. The van der Waals surface area contributed by atoms with Crippen LogP contribution in [0.1, 0.15) is 26.3 Å². The number of hydrogen-bond donors (Lipinski definition) is 1. The van der Waals surface area contributed by atoms with Crippen molar-refractivity contribution in [2.45, 2.75) is 6.92 Å². The quantitative estimate of drug-likeness (QED) is 0.637. The number of benzene rings is 2. The monoisotopic (exact) mass is 452 g/mol. The number of amides is 2. The van der Waals surface area contributed by atoms with Gasteiger partial charge in [0, 0.05) is 31.7 Å². The van der Waals surface area contributed by atoms with E-state index in [1.54, 1.807) is 29.3 Å². The minimum absolute atomic E-state index is 0.0885. The van der Waals surface area contributed by atoms with Crippen molar-refractivity contribution in [3.8, 4) is 0 Å². The average Bonchev–Trinajstić information content (AvgIpc) is 2.80. The molecule has 1 saturated heterocycles. The van der Waals surface area contributed by atoms with Crippen LogP contribution in [-0.4, -0.2) is 47.9 Å². The Morgan fingerprint density at radius 2 is 1.72 bits per heavy atom. The fourth-order valence-electron chi connectivity index (χ4n) is 3.55. The maximum absolute atomic E-state index is 14.1. The Balaban J connectivity index is 1.35. The lowest BCUT2D eigenvalue weighted by Gasteiger charge is -2.35. The maximum atomic E-state index is 14.1. The van der Waals surface area contributed by atoms with E-state index in [-0.39, 0.29) is 16.5 Å². The van der Waals surface area contributed by atoms with E-state index in [0.29, 0.717) is 37.4 Å². The number of piperazine rings is 1. The number of aromatic nitrogens is 1. The number of pyridine rings is 1. The average molecular weight is 453 g/mol. The topological polar surface area (TPSA) is 65.5 Å². The molecule has 1 fully saturated rings. The number of halogens is 2. The molecular formula is C24H22ClFN4O2. The van der Waals surface area contributed by atoms with E-state index in [4.69, 9.17) is 11.6 Å². The molecule has 1 aromatic heterocycles. The van der Waals surface area contributed by atoms with E-state index in [1.165, 1.54) is 18.2 Å². The second-order valence-electron chi connectivity index (χ2n) is 7.60. The van der Waals surface area contributed by atoms with Crippen molar-refractivity contribution in [1.29, 1.82) is 0 Å². The van der Waals surface area contributed by atoms with Gasteiger partial charge in [0.15, 0.2) is 0 Å². The fraction of sp³-hybridized carbons (Fsp3) is 0.208. The molecule has 1 aliphatic heterocycles. The highest BCUT2D eigenvalue weighted by Gasteiger charge is 2.26. The van der Waals surface area contributed by atoms with Crippen molar-refractivity contribution >= 4 is 34.9 Å². The Hall–Kier alpha value is -3.45. The molecule has 32 heavy (non-hydrogen) atoms. The molecule has 164 valence electrons. The number of nitrogens with zero attached hydrogens (tertiary/aromatic N) is 3. The van der Waals surface area contributed by atoms with Crippen molar-refractivity contribution in [2.24, 2.45) is 0 Å². The van der Waals surface area contributed by atoms with Crippen molar-refractivity contribution in [1.82, 2.24) is 9.88 Å². The van der Waals surface area contributed by atoms with E-state index in [1.807, 2.05) is 30.0 Å². The van der Waals surface area contributed by atoms with E-state index < -0.39 is 11.7 Å². The van der Waals surface area contributed by atoms with Gasteiger partial charge in [0.2, 0.25) is 0 Å². The highest BCUT2D eigenvalue weighted by Crippen LogP contribution is 2.23. The number of hydrogen-bond acceptors (Lipinski definition) is 4. The summed E-state index contributed by atoms with van der Waals surface area (Å²) in [6, 6.07) is 15.2. The summed E-state index contributed by atoms with van der Waals surface area (Å²) < 4.78 is 14.1. The van der Waals surface area contributed by atoms with E-state index in [9.17, 15) is 14.0 Å². The zero-order valence-corrected chi connectivity index (χ0v) is 18.3. The van der Waals surface area contributed by atoms with Gasteiger partial charge in [-0.1, -0.05) is 35.4 Å². The predicted molar refractivity (Wildman–Crippen MR) is 123 cm³/mol. The summed E-state index contributed by atoms with van der Waals surface area (Å²) in [6.45, 7) is 3.93. The van der Waals surface area contributed by atoms with Gasteiger partial charge in [0.25, 0.3) is 11.8 Å². The molecule has 0 saturated carbocycles. The van der Waals surface area contributed by atoms with Crippen LogP contribution in [0.4, 0.5) is 15.9 Å². The number of carbonyl (C=O) groups is 2. The van der Waals surface area contributed by atoms with Gasteiger partial charge >= 0.3 is 0 Å². The van der Waals surface area contributed by atoms with Gasteiger partial charge in [-0.05, 0) is 43.3 Å². The van der Waals surface area contributed by atoms with Crippen LogP contribution in [-0.2, 0) is 0 Å². The Bertz CT molecular complexity index is 1110. The van der Waals surface area contributed by atoms with Crippen LogP contribution in [0.5, 0.6) is 0 Å². The van der Waals surface area contributed by atoms with Crippen LogP contribution in [0.2, 0.25) is 5.02 Å². The molecule has 3 aromatic rings. The summed E-state index contributed by atoms with van der Waals surface area (Å²) in [5.74, 6) is -0.474. The van der Waals surface area contributed by atoms with E-state index >= 15 is 0 Å². The molecule has 0 bridgehead atoms. The van der Waals surface area contributed by atoms with Crippen LogP contribution in [0, 0.1) is 12.7 Å². The number of anilines is 2. The van der Waals surface area contributed by atoms with Crippen molar-refractivity contribution < 1.29 is 14.0 Å². The van der Waals surface area contributed by atoms with Gasteiger partial charge in [0.1, 0.15) is 11.6 Å². The standard InChI is InChI=1S/C24H22ClFN4O2/c1-16-5-7-17(8-6-16)23(31)28-18-9-10-21(27-15-18)29-11-13-30(14-12-29)24(32)22-19(25)3-2-4-20(22)26/h2-10,15H,11-14H2,1H3,(H,28,31). The third kappa shape index (κ3) is 4.73. The molecule has 0 aliphatic carbocycles. The molecule has 2 heterocycles. The molecule has 6 nitrogen and oxygen atoms in total. The molecule has 4 rings (SSSR count). The van der Waals surface area contributed by atoms with E-state index in [0.717, 1.165) is 11.4 Å².